The number of fused-ring (bicyclic) bond motifs is 1. The topological polar surface area (TPSA) is 94.5 Å². The summed E-state index contributed by atoms with van der Waals surface area (Å²) in [5, 5.41) is 10.6. The summed E-state index contributed by atoms with van der Waals surface area (Å²) < 4.78 is 1.87. The molecule has 9 heteroatoms. The van der Waals surface area contributed by atoms with Gasteiger partial charge in [0.25, 0.3) is 5.56 Å². The molecule has 35 heavy (non-hydrogen) atoms. The lowest BCUT2D eigenvalue weighted by molar-refractivity contribution is 0.101. The molecule has 9 nitrogen and oxygen atoms in total. The van der Waals surface area contributed by atoms with Gasteiger partial charge in [0.1, 0.15) is 11.6 Å². The molecule has 3 N–H and O–H groups in total. The van der Waals surface area contributed by atoms with Crippen LogP contribution in [0.15, 0.2) is 23.1 Å². The van der Waals surface area contributed by atoms with Gasteiger partial charge in [-0.2, -0.15) is 0 Å². The maximum absolute atomic E-state index is 13.6. The minimum absolute atomic E-state index is 0.117. The first-order chi connectivity index (χ1) is 16.8. The molecule has 0 radical (unpaired) electrons. The Labute approximate surface area is 206 Å². The third-order valence-corrected chi connectivity index (χ3v) is 7.95. The fraction of sp³-hybridized carbons (Fsp3) is 0.577. The molecule has 1 saturated heterocycles. The minimum Gasteiger partial charge on any atom is -0.368 e. The Kier molecular flexibility index (Phi) is 6.31. The first-order valence-electron chi connectivity index (χ1n) is 12.8. The summed E-state index contributed by atoms with van der Waals surface area (Å²) in [6, 6.07) is 4.24. The maximum Gasteiger partial charge on any atom is 0.263 e. The van der Waals surface area contributed by atoms with Crippen molar-refractivity contribution in [1.82, 2.24) is 19.8 Å². The number of anilines is 3. The fourth-order valence-electron chi connectivity index (χ4n) is 5.78. The van der Waals surface area contributed by atoms with Crippen LogP contribution in [0.1, 0.15) is 67.1 Å². The molecular formula is C26H37N7O2. The molecule has 0 spiro atoms. The molecule has 1 saturated carbocycles. The van der Waals surface area contributed by atoms with E-state index in [4.69, 9.17) is 4.98 Å². The van der Waals surface area contributed by atoms with Crippen molar-refractivity contribution in [2.75, 3.05) is 48.8 Å². The maximum atomic E-state index is 13.6. The van der Waals surface area contributed by atoms with E-state index in [1.54, 1.807) is 0 Å². The molecule has 2 aliphatic heterocycles. The summed E-state index contributed by atoms with van der Waals surface area (Å²) in [4.78, 5) is 35.2. The molecule has 1 unspecified atom stereocenters. The first-order valence-corrected chi connectivity index (χ1v) is 12.8. The van der Waals surface area contributed by atoms with Gasteiger partial charge in [0.05, 0.1) is 17.4 Å². The average Bonchev–Trinajstić information content (AvgIpc) is 3.36. The predicted molar refractivity (Wildman–Crippen MR) is 139 cm³/mol. The van der Waals surface area contributed by atoms with Crippen LogP contribution in [0, 0.1) is 6.92 Å². The van der Waals surface area contributed by atoms with Gasteiger partial charge in [-0.3, -0.25) is 19.1 Å². The number of Topliss-reactive ketones (excluding diaryl/α,β-unsaturated/α-hetero) is 1. The van der Waals surface area contributed by atoms with Crippen LogP contribution in [-0.2, 0) is 6.54 Å². The SMILES string of the molecule is CC(=O)c1c(C)c2c(n(C3CCCC3)c1=O)NC(C)(Nc1ccc(N3CCNCC3)cn1)N(C)C2. The van der Waals surface area contributed by atoms with Crippen LogP contribution in [0.3, 0.4) is 0 Å². The predicted octanol–water partition coefficient (Wildman–Crippen LogP) is 2.92. The number of ketones is 1. The van der Waals surface area contributed by atoms with Crippen molar-refractivity contribution in [1.29, 1.82) is 0 Å². The van der Waals surface area contributed by atoms with Crippen LogP contribution in [-0.4, -0.2) is 59.2 Å². The van der Waals surface area contributed by atoms with E-state index in [0.717, 1.165) is 80.3 Å². The van der Waals surface area contributed by atoms with Gasteiger partial charge >= 0.3 is 0 Å². The number of carbonyl (C=O) groups is 1. The highest BCUT2D eigenvalue weighted by molar-refractivity contribution is 5.96. The van der Waals surface area contributed by atoms with Crippen LogP contribution in [0.2, 0.25) is 0 Å². The van der Waals surface area contributed by atoms with Crippen molar-refractivity contribution in [2.45, 2.75) is 64.8 Å². The number of hydrogen-bond donors (Lipinski definition) is 3. The van der Waals surface area contributed by atoms with Crippen molar-refractivity contribution in [3.63, 3.8) is 0 Å². The molecule has 0 aromatic carbocycles. The zero-order chi connectivity index (χ0) is 24.7. The Morgan fingerprint density at radius 3 is 2.54 bits per heavy atom. The van der Waals surface area contributed by atoms with Gasteiger partial charge in [0, 0.05) is 44.3 Å². The number of nitrogens with zero attached hydrogens (tertiary/aromatic N) is 4. The van der Waals surface area contributed by atoms with Crippen molar-refractivity contribution >= 4 is 23.1 Å². The molecular weight excluding hydrogens is 442 g/mol. The molecule has 0 amide bonds. The molecule has 1 aliphatic carbocycles. The van der Waals surface area contributed by atoms with Crippen molar-refractivity contribution in [3.8, 4) is 0 Å². The monoisotopic (exact) mass is 479 g/mol. The van der Waals surface area contributed by atoms with E-state index in [9.17, 15) is 9.59 Å². The smallest absolute Gasteiger partial charge is 0.263 e. The Morgan fingerprint density at radius 1 is 1.20 bits per heavy atom. The van der Waals surface area contributed by atoms with Crippen LogP contribution in [0.5, 0.6) is 0 Å². The Balaban J connectivity index is 1.48. The average molecular weight is 480 g/mol. The van der Waals surface area contributed by atoms with E-state index in [2.05, 4.69) is 38.7 Å². The van der Waals surface area contributed by atoms with E-state index >= 15 is 0 Å². The molecule has 0 bridgehead atoms. The Hall–Kier alpha value is -2.91. The molecule has 1 atom stereocenters. The summed E-state index contributed by atoms with van der Waals surface area (Å²) in [7, 11) is 2.04. The molecule has 5 rings (SSSR count). The van der Waals surface area contributed by atoms with Gasteiger partial charge in [-0.05, 0) is 58.4 Å². The number of pyridine rings is 2. The number of rotatable bonds is 5. The minimum atomic E-state index is -0.659. The molecule has 2 fully saturated rings. The number of nitrogens with one attached hydrogen (secondary N) is 3. The summed E-state index contributed by atoms with van der Waals surface area (Å²) >= 11 is 0. The van der Waals surface area contributed by atoms with Crippen LogP contribution in [0.4, 0.5) is 17.3 Å². The second-order valence-electron chi connectivity index (χ2n) is 10.3. The zero-order valence-corrected chi connectivity index (χ0v) is 21.3. The standard InChI is InChI=1S/C26H37N7O2/c1-17-21-16-31(4)26(3,29-22-10-9-20(15-28-22)32-13-11-27-12-14-32)30-24(21)33(19-7-5-6-8-19)25(35)23(17)18(2)34/h9-10,15,19,27,30H,5-8,11-14,16H2,1-4H3,(H,28,29). The van der Waals surface area contributed by atoms with E-state index in [0.29, 0.717) is 12.1 Å². The first kappa shape index (κ1) is 23.8. The Morgan fingerprint density at radius 2 is 1.91 bits per heavy atom. The second kappa shape index (κ2) is 9.28. The van der Waals surface area contributed by atoms with Gasteiger partial charge in [0.15, 0.2) is 11.6 Å². The van der Waals surface area contributed by atoms with E-state index in [1.165, 1.54) is 6.92 Å². The van der Waals surface area contributed by atoms with Gasteiger partial charge in [-0.25, -0.2) is 4.98 Å². The number of piperazine rings is 1. The highest BCUT2D eigenvalue weighted by atomic mass is 16.1. The summed E-state index contributed by atoms with van der Waals surface area (Å²) in [5.41, 5.74) is 3.09. The normalized spacial score (nSPS) is 23.1. The van der Waals surface area contributed by atoms with Gasteiger partial charge in [0.2, 0.25) is 0 Å². The molecule has 188 valence electrons. The van der Waals surface area contributed by atoms with Gasteiger partial charge < -0.3 is 20.9 Å². The van der Waals surface area contributed by atoms with Crippen molar-refractivity contribution in [2.24, 2.45) is 0 Å². The van der Waals surface area contributed by atoms with Crippen LogP contribution in [0.25, 0.3) is 0 Å². The lowest BCUT2D eigenvalue weighted by atomic mass is 9.97. The second-order valence-corrected chi connectivity index (χ2v) is 10.3. The Bertz CT molecular complexity index is 1160. The lowest BCUT2D eigenvalue weighted by Gasteiger charge is -2.46. The van der Waals surface area contributed by atoms with Gasteiger partial charge in [-0.1, -0.05) is 12.8 Å². The van der Waals surface area contributed by atoms with Gasteiger partial charge in [-0.15, -0.1) is 0 Å². The van der Waals surface area contributed by atoms with Crippen molar-refractivity contribution in [3.05, 3.63) is 45.4 Å². The highest BCUT2D eigenvalue weighted by Gasteiger charge is 2.39. The van der Waals surface area contributed by atoms with E-state index in [-0.39, 0.29) is 17.4 Å². The summed E-state index contributed by atoms with van der Waals surface area (Å²) in [6.07, 6.45) is 6.06. The van der Waals surface area contributed by atoms with Crippen LogP contribution >= 0.6 is 0 Å². The quantitative estimate of drug-likeness (QED) is 0.564. The zero-order valence-electron chi connectivity index (χ0n) is 21.3. The molecule has 4 heterocycles. The van der Waals surface area contributed by atoms with Crippen LogP contribution < -0.4 is 26.4 Å². The number of carbonyl (C=O) groups excluding carboxylic acids is 1. The lowest BCUT2D eigenvalue weighted by Crippen LogP contribution is -2.59. The number of hydrogen-bond acceptors (Lipinski definition) is 8. The largest absolute Gasteiger partial charge is 0.368 e. The number of aromatic nitrogens is 2. The molecule has 2 aromatic heterocycles. The van der Waals surface area contributed by atoms with E-state index in [1.807, 2.05) is 30.8 Å². The fourth-order valence-corrected chi connectivity index (χ4v) is 5.78. The third-order valence-electron chi connectivity index (χ3n) is 7.95. The molecule has 2 aromatic rings. The summed E-state index contributed by atoms with van der Waals surface area (Å²) in [5.74, 6) is 0.772. The summed E-state index contributed by atoms with van der Waals surface area (Å²) in [6.45, 7) is 10.0. The third kappa shape index (κ3) is 4.31. The highest BCUT2D eigenvalue weighted by Crippen LogP contribution is 2.38. The van der Waals surface area contributed by atoms with E-state index < -0.39 is 5.79 Å². The molecule has 3 aliphatic rings. The van der Waals surface area contributed by atoms with Crippen molar-refractivity contribution < 1.29 is 4.79 Å².